The van der Waals surface area contributed by atoms with Crippen LogP contribution in [-0.2, 0) is 4.74 Å². The summed E-state index contributed by atoms with van der Waals surface area (Å²) in [7, 11) is 0.908. The number of aromatic nitrogens is 1. The topological polar surface area (TPSA) is 82.3 Å². The second-order valence-corrected chi connectivity index (χ2v) is 2.79. The van der Waals surface area contributed by atoms with E-state index in [4.69, 9.17) is 0 Å². The number of hydrogen-bond acceptors (Lipinski definition) is 5. The lowest BCUT2D eigenvalue weighted by atomic mass is 10.2. The number of rotatable bonds is 3. The van der Waals surface area contributed by atoms with Crippen LogP contribution in [0.2, 0.25) is 0 Å². The lowest BCUT2D eigenvalue weighted by molar-refractivity contribution is -0.391. The van der Waals surface area contributed by atoms with Crippen molar-refractivity contribution in [2.75, 3.05) is 7.11 Å². The van der Waals surface area contributed by atoms with Crippen molar-refractivity contribution in [3.05, 3.63) is 33.3 Å². The van der Waals surface area contributed by atoms with Crippen molar-refractivity contribution in [1.29, 1.82) is 0 Å². The van der Waals surface area contributed by atoms with Crippen LogP contribution < -0.4 is 0 Å². The highest BCUT2D eigenvalue weighted by Crippen LogP contribution is 2.28. The molecule has 0 spiro atoms. The quantitative estimate of drug-likeness (QED) is 0.354. The summed E-state index contributed by atoms with van der Waals surface area (Å²) in [5, 5.41) is 10.4. The molecule has 1 aromatic heterocycles. The fourth-order valence-electron chi connectivity index (χ4n) is 1.06. The van der Waals surface area contributed by atoms with E-state index in [-0.39, 0.29) is 0 Å². The van der Waals surface area contributed by atoms with Gasteiger partial charge in [-0.3, -0.25) is 0 Å². The zero-order valence-electron chi connectivity index (χ0n) is 8.32. The Labute approximate surface area is 92.2 Å². The Balaban J connectivity index is 3.45. The third-order valence-electron chi connectivity index (χ3n) is 1.80. The van der Waals surface area contributed by atoms with Gasteiger partial charge in [0.2, 0.25) is 0 Å². The van der Waals surface area contributed by atoms with Crippen molar-refractivity contribution in [2.45, 2.75) is 6.43 Å². The first kappa shape index (κ1) is 12.9. The highest BCUT2D eigenvalue weighted by atomic mass is 19.3. The Kier molecular flexibility index (Phi) is 3.61. The molecule has 9 heteroatoms. The molecule has 0 aliphatic heterocycles. The summed E-state index contributed by atoms with van der Waals surface area (Å²) in [6.07, 6.45) is -3.26. The summed E-state index contributed by atoms with van der Waals surface area (Å²) < 4.78 is 42.1. The molecule has 0 aliphatic carbocycles. The molecule has 1 aromatic rings. The summed E-state index contributed by atoms with van der Waals surface area (Å²) >= 11 is 0. The maximum atomic E-state index is 13.1. The maximum absolute atomic E-state index is 13.1. The first-order valence-electron chi connectivity index (χ1n) is 4.09. The number of hydrogen-bond donors (Lipinski definition) is 0. The highest BCUT2D eigenvalue weighted by Gasteiger charge is 2.30. The zero-order chi connectivity index (χ0) is 13.2. The van der Waals surface area contributed by atoms with Crippen LogP contribution in [0, 0.1) is 16.1 Å². The van der Waals surface area contributed by atoms with Crippen molar-refractivity contribution in [1.82, 2.24) is 4.98 Å². The van der Waals surface area contributed by atoms with Crippen LogP contribution >= 0.6 is 0 Å². The molecule has 0 N–H and O–H groups in total. The Morgan fingerprint density at radius 2 is 2.18 bits per heavy atom. The third kappa shape index (κ3) is 2.49. The van der Waals surface area contributed by atoms with Crippen molar-refractivity contribution in [3.63, 3.8) is 0 Å². The monoisotopic (exact) mass is 250 g/mol. The van der Waals surface area contributed by atoms with E-state index in [2.05, 4.69) is 9.72 Å². The molecule has 92 valence electrons. The molecule has 1 heterocycles. The Hall–Kier alpha value is -2.19. The van der Waals surface area contributed by atoms with Crippen LogP contribution in [0.25, 0.3) is 0 Å². The van der Waals surface area contributed by atoms with E-state index in [1.54, 1.807) is 0 Å². The molecule has 0 atom stereocenters. The molecule has 0 fully saturated rings. The number of nitro groups is 1. The van der Waals surface area contributed by atoms with E-state index < -0.39 is 40.2 Å². The number of carbonyl (C=O) groups is 1. The summed E-state index contributed by atoms with van der Waals surface area (Å²) in [4.78, 5) is 22.8. The number of halogens is 3. The zero-order valence-corrected chi connectivity index (χ0v) is 8.32. The van der Waals surface area contributed by atoms with E-state index in [1.165, 1.54) is 0 Å². The van der Waals surface area contributed by atoms with Gasteiger partial charge in [-0.1, -0.05) is 0 Å². The van der Waals surface area contributed by atoms with Gasteiger partial charge in [0.15, 0.2) is 0 Å². The minimum absolute atomic E-state index is 0.358. The van der Waals surface area contributed by atoms with E-state index >= 15 is 0 Å². The predicted octanol–water partition coefficient (Wildman–Crippen LogP) is 1.85. The molecule has 0 radical (unpaired) electrons. The molecule has 0 saturated carbocycles. The summed E-state index contributed by atoms with van der Waals surface area (Å²) in [6, 6.07) is 0.358. The summed E-state index contributed by atoms with van der Waals surface area (Å²) in [5.74, 6) is -4.11. The van der Waals surface area contributed by atoms with Gasteiger partial charge in [0.05, 0.1) is 7.11 Å². The molecule has 1 rings (SSSR count). The molecule has 0 amide bonds. The second kappa shape index (κ2) is 4.76. The third-order valence-corrected chi connectivity index (χ3v) is 1.80. The molecular formula is C8H5F3N2O4. The first-order valence-corrected chi connectivity index (χ1v) is 4.09. The van der Waals surface area contributed by atoms with Crippen LogP contribution in [0.5, 0.6) is 0 Å². The highest BCUT2D eigenvalue weighted by molar-refractivity contribution is 5.89. The number of esters is 1. The van der Waals surface area contributed by atoms with Crippen LogP contribution in [-0.4, -0.2) is 23.0 Å². The number of carbonyl (C=O) groups excluding carboxylic acids is 1. The van der Waals surface area contributed by atoms with E-state index in [1.807, 2.05) is 0 Å². The first-order chi connectivity index (χ1) is 7.88. The molecule has 0 unspecified atom stereocenters. The Morgan fingerprint density at radius 3 is 2.59 bits per heavy atom. The predicted molar refractivity (Wildman–Crippen MR) is 47.1 cm³/mol. The number of nitrogens with zero attached hydrogens (tertiary/aromatic N) is 2. The van der Waals surface area contributed by atoms with Gasteiger partial charge < -0.3 is 14.9 Å². The molecule has 0 aliphatic rings. The van der Waals surface area contributed by atoms with Crippen molar-refractivity contribution >= 4 is 11.8 Å². The van der Waals surface area contributed by atoms with Gasteiger partial charge in [-0.05, 0) is 16.0 Å². The molecule has 17 heavy (non-hydrogen) atoms. The minimum Gasteiger partial charge on any atom is -0.465 e. The molecule has 0 bridgehead atoms. The van der Waals surface area contributed by atoms with Crippen LogP contribution in [0.4, 0.5) is 19.0 Å². The fraction of sp³-hybridized carbons (Fsp3) is 0.250. The van der Waals surface area contributed by atoms with Crippen LogP contribution in [0.1, 0.15) is 22.3 Å². The lowest BCUT2D eigenvalue weighted by Crippen LogP contribution is -2.10. The van der Waals surface area contributed by atoms with E-state index in [9.17, 15) is 28.1 Å². The SMILES string of the molecule is COC(=O)c1cc(C(F)F)c([N+](=O)[O-])nc1F. The van der Waals surface area contributed by atoms with Crippen molar-refractivity contribution in [2.24, 2.45) is 0 Å². The van der Waals surface area contributed by atoms with Gasteiger partial charge in [-0.15, -0.1) is 0 Å². The average molecular weight is 250 g/mol. The summed E-state index contributed by atoms with van der Waals surface area (Å²) in [6.45, 7) is 0. The van der Waals surface area contributed by atoms with Gasteiger partial charge in [0, 0.05) is 0 Å². The molecule has 0 aromatic carbocycles. The van der Waals surface area contributed by atoms with Gasteiger partial charge in [-0.2, -0.15) is 4.39 Å². The van der Waals surface area contributed by atoms with Crippen LogP contribution in [0.3, 0.4) is 0 Å². The largest absolute Gasteiger partial charge is 0.465 e. The summed E-state index contributed by atoms with van der Waals surface area (Å²) in [5.41, 5.74) is -2.02. The average Bonchev–Trinajstić information content (AvgIpc) is 2.27. The Bertz CT molecular complexity index is 478. The normalized spacial score (nSPS) is 10.4. The van der Waals surface area contributed by atoms with Gasteiger partial charge in [0.25, 0.3) is 6.43 Å². The number of alkyl halides is 2. The van der Waals surface area contributed by atoms with E-state index in [0.29, 0.717) is 6.07 Å². The van der Waals surface area contributed by atoms with E-state index in [0.717, 1.165) is 7.11 Å². The molecule has 6 nitrogen and oxygen atoms in total. The lowest BCUT2D eigenvalue weighted by Gasteiger charge is -2.03. The number of ether oxygens (including phenoxy) is 1. The Morgan fingerprint density at radius 1 is 1.59 bits per heavy atom. The standard InChI is InChI=1S/C8H5F3N2O4/c1-17-8(14)4-2-3(5(9)10)7(13(15)16)12-6(4)11/h2,5H,1H3. The fourth-order valence-corrected chi connectivity index (χ4v) is 1.06. The molecule has 0 saturated heterocycles. The minimum atomic E-state index is -3.26. The number of methoxy groups -OCH3 is 1. The van der Waals surface area contributed by atoms with Gasteiger partial charge >= 0.3 is 17.7 Å². The van der Waals surface area contributed by atoms with Crippen LogP contribution in [0.15, 0.2) is 6.07 Å². The van der Waals surface area contributed by atoms with Gasteiger partial charge in [-0.25, -0.2) is 13.6 Å². The maximum Gasteiger partial charge on any atom is 0.375 e. The smallest absolute Gasteiger partial charge is 0.375 e. The molecular weight excluding hydrogens is 245 g/mol. The van der Waals surface area contributed by atoms with Gasteiger partial charge in [0.1, 0.15) is 11.1 Å². The van der Waals surface area contributed by atoms with Crippen molar-refractivity contribution in [3.8, 4) is 0 Å². The number of pyridine rings is 1. The second-order valence-electron chi connectivity index (χ2n) is 2.79. The van der Waals surface area contributed by atoms with Crippen molar-refractivity contribution < 1.29 is 27.6 Å².